The van der Waals surface area contributed by atoms with Gasteiger partial charge in [0.25, 0.3) is 5.91 Å². The van der Waals surface area contributed by atoms with Crippen LogP contribution in [-0.2, 0) is 9.53 Å². The van der Waals surface area contributed by atoms with Gasteiger partial charge in [0.15, 0.2) is 12.2 Å². The van der Waals surface area contributed by atoms with Crippen LogP contribution in [0.3, 0.4) is 0 Å². The summed E-state index contributed by atoms with van der Waals surface area (Å²) < 4.78 is 4.70. The lowest BCUT2D eigenvalue weighted by Crippen LogP contribution is -2.15. The highest BCUT2D eigenvalue weighted by atomic mass is 35.5. The van der Waals surface area contributed by atoms with Gasteiger partial charge in [0.1, 0.15) is 0 Å². The van der Waals surface area contributed by atoms with Crippen molar-refractivity contribution in [2.24, 2.45) is 10.7 Å². The van der Waals surface area contributed by atoms with Crippen LogP contribution in [0.15, 0.2) is 29.1 Å². The molecule has 0 saturated carbocycles. The van der Waals surface area contributed by atoms with Gasteiger partial charge in [-0.3, -0.25) is 4.79 Å². The minimum Gasteiger partial charge on any atom is -0.440 e. The Morgan fingerprint density at radius 1 is 1.64 bits per heavy atom. The maximum Gasteiger partial charge on any atom is 0.284 e. The van der Waals surface area contributed by atoms with Crippen molar-refractivity contribution >= 4 is 24.7 Å². The van der Waals surface area contributed by atoms with Crippen LogP contribution in [0.1, 0.15) is 0 Å². The number of carbonyl (C=O) groups excluding carboxylic acids is 1. The van der Waals surface area contributed by atoms with Crippen molar-refractivity contribution < 1.29 is 9.53 Å². The highest BCUT2D eigenvalue weighted by molar-refractivity contribution is 5.91. The van der Waals surface area contributed by atoms with Gasteiger partial charge in [-0.1, -0.05) is 0 Å². The van der Waals surface area contributed by atoms with Crippen molar-refractivity contribution in [1.29, 1.82) is 0 Å². The van der Waals surface area contributed by atoms with E-state index in [2.05, 4.69) is 4.99 Å². The number of nitrogens with two attached hydrogens (primary N) is 1. The van der Waals surface area contributed by atoms with E-state index in [-0.39, 0.29) is 18.2 Å². The van der Waals surface area contributed by atoms with Gasteiger partial charge in [0.2, 0.25) is 0 Å². The number of primary amides is 1. The van der Waals surface area contributed by atoms with E-state index in [0.29, 0.717) is 0 Å². The molecule has 4 nitrogen and oxygen atoms in total. The number of amides is 1. The summed E-state index contributed by atoms with van der Waals surface area (Å²) in [6.45, 7) is 0. The Morgan fingerprint density at radius 3 is 3.00 bits per heavy atom. The number of aliphatic imine (C=N–C) groups is 1. The number of hydrogen-bond donors (Lipinski definition) is 1. The molecule has 1 aliphatic rings. The van der Waals surface area contributed by atoms with Crippen molar-refractivity contribution in [3.8, 4) is 0 Å². The van der Waals surface area contributed by atoms with Gasteiger partial charge in [0, 0.05) is 6.20 Å². The Hall–Kier alpha value is -1.29. The predicted octanol–water partition coefficient (Wildman–Crippen LogP) is 0.350. The molecule has 0 atom stereocenters. The third-order valence-corrected chi connectivity index (χ3v) is 0.903. The highest BCUT2D eigenvalue weighted by Gasteiger charge is 2.03. The SMILES string of the molecule is Cl.NC(=O)C1=CC=CN=CO1. The zero-order valence-electron chi connectivity index (χ0n) is 5.56. The number of nitrogens with zero attached hydrogens (tertiary/aromatic N) is 1. The van der Waals surface area contributed by atoms with Gasteiger partial charge >= 0.3 is 0 Å². The van der Waals surface area contributed by atoms with Crippen molar-refractivity contribution in [2.75, 3.05) is 0 Å². The molecule has 0 fully saturated rings. The maximum atomic E-state index is 10.4. The topological polar surface area (TPSA) is 64.7 Å². The fraction of sp³-hybridized carbons (Fsp3) is 0. The van der Waals surface area contributed by atoms with Crippen LogP contribution in [0, 0.1) is 0 Å². The maximum absolute atomic E-state index is 10.4. The zero-order chi connectivity index (χ0) is 7.40. The summed E-state index contributed by atoms with van der Waals surface area (Å²) in [4.78, 5) is 14.1. The smallest absolute Gasteiger partial charge is 0.284 e. The summed E-state index contributed by atoms with van der Waals surface area (Å²) >= 11 is 0. The van der Waals surface area contributed by atoms with Crippen molar-refractivity contribution in [1.82, 2.24) is 0 Å². The normalized spacial score (nSPS) is 14.0. The molecule has 1 rings (SSSR count). The molecule has 0 bridgehead atoms. The molecule has 0 aromatic carbocycles. The quantitative estimate of drug-likeness (QED) is 0.624. The second-order valence-corrected chi connectivity index (χ2v) is 1.61. The van der Waals surface area contributed by atoms with E-state index in [4.69, 9.17) is 10.5 Å². The first-order valence-corrected chi connectivity index (χ1v) is 2.65. The molecular formula is C6H7ClN2O2. The van der Waals surface area contributed by atoms with E-state index in [1.54, 1.807) is 6.08 Å². The molecule has 2 N–H and O–H groups in total. The molecule has 60 valence electrons. The standard InChI is InChI=1S/C6H6N2O2.ClH/c7-6(9)5-2-1-3-8-4-10-5;/h1-4H,(H2,7,9);1H. The lowest BCUT2D eigenvalue weighted by Gasteiger charge is -1.95. The van der Waals surface area contributed by atoms with Gasteiger partial charge in [0.05, 0.1) is 0 Å². The van der Waals surface area contributed by atoms with E-state index in [1.807, 2.05) is 0 Å². The van der Waals surface area contributed by atoms with E-state index in [0.717, 1.165) is 6.40 Å². The molecule has 0 saturated heterocycles. The molecule has 0 radical (unpaired) electrons. The number of allylic oxidation sites excluding steroid dienone is 2. The Labute approximate surface area is 69.8 Å². The van der Waals surface area contributed by atoms with Gasteiger partial charge in [-0.05, 0) is 12.2 Å². The summed E-state index contributed by atoms with van der Waals surface area (Å²) in [5.41, 5.74) is 4.91. The van der Waals surface area contributed by atoms with Crippen molar-refractivity contribution in [3.63, 3.8) is 0 Å². The van der Waals surface area contributed by atoms with E-state index >= 15 is 0 Å². The zero-order valence-corrected chi connectivity index (χ0v) is 6.38. The fourth-order valence-corrected chi connectivity index (χ4v) is 0.482. The molecule has 5 heteroatoms. The molecule has 1 heterocycles. The number of rotatable bonds is 1. The number of halogens is 1. The van der Waals surface area contributed by atoms with Gasteiger partial charge < -0.3 is 10.5 Å². The molecule has 0 aromatic rings. The molecule has 11 heavy (non-hydrogen) atoms. The fourth-order valence-electron chi connectivity index (χ4n) is 0.482. The van der Waals surface area contributed by atoms with E-state index < -0.39 is 5.91 Å². The van der Waals surface area contributed by atoms with Crippen LogP contribution in [0.25, 0.3) is 0 Å². The second-order valence-electron chi connectivity index (χ2n) is 1.61. The number of hydrogen-bond acceptors (Lipinski definition) is 3. The Kier molecular flexibility index (Phi) is 3.98. The van der Waals surface area contributed by atoms with Crippen LogP contribution < -0.4 is 5.73 Å². The summed E-state index contributed by atoms with van der Waals surface area (Å²) in [6.07, 6.45) is 5.68. The lowest BCUT2D eigenvalue weighted by molar-refractivity contribution is -0.116. The number of ether oxygens (including phenoxy) is 1. The first-order chi connectivity index (χ1) is 4.80. The molecule has 0 aromatic heterocycles. The van der Waals surface area contributed by atoms with Crippen LogP contribution >= 0.6 is 12.4 Å². The average molecular weight is 175 g/mol. The van der Waals surface area contributed by atoms with Gasteiger partial charge in [-0.25, -0.2) is 4.99 Å². The van der Waals surface area contributed by atoms with Gasteiger partial charge in [-0.15, -0.1) is 12.4 Å². The van der Waals surface area contributed by atoms with Crippen molar-refractivity contribution in [3.05, 3.63) is 24.1 Å². The molecule has 0 spiro atoms. The molecule has 1 aliphatic heterocycles. The van der Waals surface area contributed by atoms with Crippen LogP contribution in [0.2, 0.25) is 0 Å². The van der Waals surface area contributed by atoms with E-state index in [9.17, 15) is 4.79 Å². The molecule has 0 aliphatic carbocycles. The summed E-state index contributed by atoms with van der Waals surface area (Å²) in [5, 5.41) is 0. The Bertz CT molecular complexity index is 233. The Balaban J connectivity index is 0.000001000. The lowest BCUT2D eigenvalue weighted by atomic mass is 10.4. The van der Waals surface area contributed by atoms with Gasteiger partial charge in [-0.2, -0.15) is 0 Å². The summed E-state index contributed by atoms with van der Waals surface area (Å²) in [7, 11) is 0. The Morgan fingerprint density at radius 2 is 2.36 bits per heavy atom. The predicted molar refractivity (Wildman–Crippen MR) is 43.2 cm³/mol. The monoisotopic (exact) mass is 174 g/mol. The molecular weight excluding hydrogens is 168 g/mol. The van der Waals surface area contributed by atoms with E-state index in [1.165, 1.54) is 12.3 Å². The second kappa shape index (κ2) is 4.51. The minimum atomic E-state index is -0.599. The first kappa shape index (κ1) is 9.71. The largest absolute Gasteiger partial charge is 0.440 e. The summed E-state index contributed by atoms with van der Waals surface area (Å²) in [6, 6.07) is 0. The molecule has 0 unspecified atom stereocenters. The highest BCUT2D eigenvalue weighted by Crippen LogP contribution is 1.97. The average Bonchev–Trinajstić information content (AvgIpc) is 2.12. The minimum absolute atomic E-state index is 0. The number of carbonyl (C=O) groups is 1. The third-order valence-electron chi connectivity index (χ3n) is 0.903. The molecule has 1 amide bonds. The van der Waals surface area contributed by atoms with Crippen LogP contribution in [0.5, 0.6) is 0 Å². The first-order valence-electron chi connectivity index (χ1n) is 2.65. The summed E-state index contributed by atoms with van der Waals surface area (Å²) in [5.74, 6) is -0.504. The van der Waals surface area contributed by atoms with Crippen molar-refractivity contribution in [2.45, 2.75) is 0 Å². The third kappa shape index (κ3) is 2.86. The van der Waals surface area contributed by atoms with Crippen LogP contribution in [-0.4, -0.2) is 12.3 Å². The van der Waals surface area contributed by atoms with Crippen LogP contribution in [0.4, 0.5) is 0 Å².